The maximum atomic E-state index is 12.0. The predicted molar refractivity (Wildman–Crippen MR) is 96.6 cm³/mol. The van der Waals surface area contributed by atoms with Crippen molar-refractivity contribution in [2.45, 2.75) is 6.92 Å². The van der Waals surface area contributed by atoms with Crippen molar-refractivity contribution >= 4 is 11.0 Å². The van der Waals surface area contributed by atoms with Crippen molar-refractivity contribution in [1.29, 1.82) is 5.26 Å². The molecule has 0 atom stereocenters. The van der Waals surface area contributed by atoms with Crippen molar-refractivity contribution in [3.05, 3.63) is 82.5 Å². The highest BCUT2D eigenvalue weighted by Crippen LogP contribution is 2.24. The van der Waals surface area contributed by atoms with Crippen molar-refractivity contribution in [1.82, 2.24) is 14.5 Å². The number of para-hydroxylation sites is 2. The highest BCUT2D eigenvalue weighted by Gasteiger charge is 2.11. The van der Waals surface area contributed by atoms with Crippen LogP contribution in [-0.2, 0) is 0 Å². The second-order valence-electron chi connectivity index (χ2n) is 5.83. The monoisotopic (exact) mass is 326 g/mol. The molecule has 2 aromatic carbocycles. The van der Waals surface area contributed by atoms with E-state index in [4.69, 9.17) is 0 Å². The maximum Gasteiger partial charge on any atom is 0.266 e. The van der Waals surface area contributed by atoms with Gasteiger partial charge in [-0.25, -0.2) is 4.98 Å². The van der Waals surface area contributed by atoms with E-state index >= 15 is 0 Å². The minimum atomic E-state index is -0.359. The van der Waals surface area contributed by atoms with Crippen LogP contribution in [0.1, 0.15) is 11.3 Å². The molecule has 0 bridgehead atoms. The minimum absolute atomic E-state index is 0.131. The normalized spacial score (nSPS) is 10.7. The molecule has 0 spiro atoms. The summed E-state index contributed by atoms with van der Waals surface area (Å²) in [6, 6.07) is 19.5. The molecule has 0 unspecified atom stereocenters. The van der Waals surface area contributed by atoms with Crippen LogP contribution in [-0.4, -0.2) is 14.5 Å². The molecule has 5 nitrogen and oxygen atoms in total. The molecule has 0 fully saturated rings. The van der Waals surface area contributed by atoms with Gasteiger partial charge in [0.1, 0.15) is 18.0 Å². The first-order chi connectivity index (χ1) is 12.2. The summed E-state index contributed by atoms with van der Waals surface area (Å²) in [5.74, 6) is 0. The van der Waals surface area contributed by atoms with Gasteiger partial charge in [0.15, 0.2) is 0 Å². The van der Waals surface area contributed by atoms with E-state index in [0.29, 0.717) is 5.56 Å². The Labute approximate surface area is 143 Å². The van der Waals surface area contributed by atoms with Crippen LogP contribution in [0, 0.1) is 18.3 Å². The molecule has 4 aromatic rings. The molecular weight excluding hydrogens is 312 g/mol. The van der Waals surface area contributed by atoms with Gasteiger partial charge in [-0.05, 0) is 42.8 Å². The first kappa shape index (κ1) is 14.9. The Bertz CT molecular complexity index is 1180. The van der Waals surface area contributed by atoms with E-state index in [1.807, 2.05) is 65.2 Å². The lowest BCUT2D eigenvalue weighted by atomic mass is 10.0. The number of aromatic nitrogens is 3. The van der Waals surface area contributed by atoms with Gasteiger partial charge in [0.2, 0.25) is 0 Å². The van der Waals surface area contributed by atoms with Crippen LogP contribution >= 0.6 is 0 Å². The molecule has 0 saturated carbocycles. The van der Waals surface area contributed by atoms with Gasteiger partial charge >= 0.3 is 0 Å². The number of nitrogens with one attached hydrogen (secondary N) is 1. The largest absolute Gasteiger partial charge is 0.325 e. The van der Waals surface area contributed by atoms with Crippen LogP contribution in [0.2, 0.25) is 0 Å². The van der Waals surface area contributed by atoms with Gasteiger partial charge in [-0.3, -0.25) is 9.36 Å². The Morgan fingerprint density at radius 3 is 2.64 bits per heavy atom. The molecule has 0 amide bonds. The number of pyridine rings is 1. The fraction of sp³-hybridized carbons (Fsp3) is 0.0500. The van der Waals surface area contributed by atoms with Crippen molar-refractivity contribution in [2.75, 3.05) is 0 Å². The molecule has 1 N–H and O–H groups in total. The molecule has 2 heterocycles. The van der Waals surface area contributed by atoms with Crippen molar-refractivity contribution in [3.63, 3.8) is 0 Å². The summed E-state index contributed by atoms with van der Waals surface area (Å²) in [5.41, 5.74) is 4.91. The molecule has 0 aliphatic carbocycles. The van der Waals surface area contributed by atoms with E-state index < -0.39 is 0 Å². The number of aromatic amines is 1. The zero-order valence-electron chi connectivity index (χ0n) is 13.5. The second-order valence-corrected chi connectivity index (χ2v) is 5.83. The highest BCUT2D eigenvalue weighted by molar-refractivity contribution is 5.78. The Morgan fingerprint density at radius 2 is 1.88 bits per heavy atom. The molecule has 0 aliphatic rings. The summed E-state index contributed by atoms with van der Waals surface area (Å²) < 4.78 is 2.01. The number of nitrogens with zero attached hydrogens (tertiary/aromatic N) is 3. The lowest BCUT2D eigenvalue weighted by Crippen LogP contribution is -2.12. The van der Waals surface area contributed by atoms with E-state index in [1.165, 1.54) is 0 Å². The third-order valence-electron chi connectivity index (χ3n) is 4.19. The Hall–Kier alpha value is -3.65. The van der Waals surface area contributed by atoms with Crippen molar-refractivity contribution in [2.24, 2.45) is 0 Å². The summed E-state index contributed by atoms with van der Waals surface area (Å²) in [6.07, 6.45) is 1.79. The number of imidazole rings is 1. The number of hydrogen-bond acceptors (Lipinski definition) is 3. The van der Waals surface area contributed by atoms with Crippen LogP contribution in [0.5, 0.6) is 0 Å². The first-order valence-electron chi connectivity index (χ1n) is 7.84. The van der Waals surface area contributed by atoms with Gasteiger partial charge in [0.25, 0.3) is 5.56 Å². The van der Waals surface area contributed by atoms with Crippen LogP contribution in [0.4, 0.5) is 0 Å². The van der Waals surface area contributed by atoms with E-state index in [1.54, 1.807) is 13.3 Å². The molecule has 25 heavy (non-hydrogen) atoms. The first-order valence-corrected chi connectivity index (χ1v) is 7.84. The fourth-order valence-corrected chi connectivity index (χ4v) is 2.99. The Balaban J connectivity index is 1.82. The lowest BCUT2D eigenvalue weighted by Gasteiger charge is -2.08. The van der Waals surface area contributed by atoms with Crippen LogP contribution in [0.15, 0.2) is 65.7 Å². The number of benzene rings is 2. The number of nitriles is 1. The van der Waals surface area contributed by atoms with Gasteiger partial charge in [0.05, 0.1) is 11.0 Å². The number of fused-ring (bicyclic) bond motifs is 1. The summed E-state index contributed by atoms with van der Waals surface area (Å²) in [6.45, 7) is 1.80. The SMILES string of the molecule is Cc1cc(-c2ccc(-n3cnc4ccccc43)cc2)c(C#N)c(=O)[nH]1. The Morgan fingerprint density at radius 1 is 1.12 bits per heavy atom. The molecule has 5 heteroatoms. The third-order valence-corrected chi connectivity index (χ3v) is 4.19. The highest BCUT2D eigenvalue weighted by atomic mass is 16.1. The van der Waals surface area contributed by atoms with Gasteiger partial charge in [0, 0.05) is 16.9 Å². The van der Waals surface area contributed by atoms with Crippen LogP contribution in [0.25, 0.3) is 27.8 Å². The van der Waals surface area contributed by atoms with Crippen molar-refractivity contribution in [3.8, 4) is 22.9 Å². The van der Waals surface area contributed by atoms with E-state index in [2.05, 4.69) is 9.97 Å². The fourth-order valence-electron chi connectivity index (χ4n) is 2.99. The molecular formula is C20H14N4O. The summed E-state index contributed by atoms with van der Waals surface area (Å²) in [5, 5.41) is 9.29. The van der Waals surface area contributed by atoms with E-state index in [-0.39, 0.29) is 11.1 Å². The number of aryl methyl sites for hydroxylation is 1. The lowest BCUT2D eigenvalue weighted by molar-refractivity contribution is 1.09. The molecule has 120 valence electrons. The molecule has 2 aromatic heterocycles. The quantitative estimate of drug-likeness (QED) is 0.612. The zero-order valence-corrected chi connectivity index (χ0v) is 13.5. The summed E-state index contributed by atoms with van der Waals surface area (Å²) in [7, 11) is 0. The van der Waals surface area contributed by atoms with E-state index in [0.717, 1.165) is 28.0 Å². The number of hydrogen-bond donors (Lipinski definition) is 1. The molecule has 0 aliphatic heterocycles. The maximum absolute atomic E-state index is 12.0. The molecule has 0 radical (unpaired) electrons. The second kappa shape index (κ2) is 5.77. The average Bonchev–Trinajstić information content (AvgIpc) is 3.05. The summed E-state index contributed by atoms with van der Waals surface area (Å²) >= 11 is 0. The molecule has 4 rings (SSSR count). The summed E-state index contributed by atoms with van der Waals surface area (Å²) in [4.78, 5) is 19.0. The minimum Gasteiger partial charge on any atom is -0.325 e. The topological polar surface area (TPSA) is 74.5 Å². The van der Waals surface area contributed by atoms with Crippen LogP contribution in [0.3, 0.4) is 0 Å². The average molecular weight is 326 g/mol. The van der Waals surface area contributed by atoms with Crippen LogP contribution < -0.4 is 5.56 Å². The van der Waals surface area contributed by atoms with Gasteiger partial charge in [-0.15, -0.1) is 0 Å². The molecule has 0 saturated heterocycles. The van der Waals surface area contributed by atoms with E-state index in [9.17, 15) is 10.1 Å². The third kappa shape index (κ3) is 2.50. The van der Waals surface area contributed by atoms with Gasteiger partial charge in [-0.2, -0.15) is 5.26 Å². The standard InChI is InChI=1S/C20H14N4O/c1-13-10-16(17(11-21)20(25)23-13)14-6-8-15(9-7-14)24-12-22-18-4-2-3-5-19(18)24/h2-10,12H,1H3,(H,23,25). The number of H-pyrrole nitrogens is 1. The van der Waals surface area contributed by atoms with Crippen molar-refractivity contribution < 1.29 is 0 Å². The Kier molecular flexibility index (Phi) is 3.44. The van der Waals surface area contributed by atoms with Gasteiger partial charge < -0.3 is 4.98 Å². The zero-order chi connectivity index (χ0) is 17.4. The number of rotatable bonds is 2. The van der Waals surface area contributed by atoms with Gasteiger partial charge in [-0.1, -0.05) is 24.3 Å². The predicted octanol–water partition coefficient (Wildman–Crippen LogP) is 3.56. The smallest absolute Gasteiger partial charge is 0.266 e.